The summed E-state index contributed by atoms with van der Waals surface area (Å²) >= 11 is 1.19. The van der Waals surface area contributed by atoms with Gasteiger partial charge in [-0.2, -0.15) is 0 Å². The zero-order chi connectivity index (χ0) is 14.4. The van der Waals surface area contributed by atoms with Gasteiger partial charge in [0, 0.05) is 13.0 Å². The van der Waals surface area contributed by atoms with Gasteiger partial charge in [0.25, 0.3) is 0 Å². The molecule has 1 aromatic heterocycles. The van der Waals surface area contributed by atoms with Crippen molar-refractivity contribution >= 4 is 32.4 Å². The van der Waals surface area contributed by atoms with E-state index in [1.807, 2.05) is 0 Å². The highest BCUT2D eigenvalue weighted by Gasteiger charge is 2.13. The minimum atomic E-state index is -3.57. The van der Waals surface area contributed by atoms with Gasteiger partial charge in [-0.3, -0.25) is 4.79 Å². The van der Waals surface area contributed by atoms with Crippen molar-refractivity contribution in [1.82, 2.24) is 14.9 Å². The molecule has 0 spiro atoms. The Hall–Kier alpha value is -1.84. The largest absolute Gasteiger partial charge is 0.300 e. The second kappa shape index (κ2) is 6.55. The van der Waals surface area contributed by atoms with Crippen LogP contribution in [0, 0.1) is 0 Å². The summed E-state index contributed by atoms with van der Waals surface area (Å²) in [7, 11) is -3.57. The number of rotatable bonds is 6. The van der Waals surface area contributed by atoms with E-state index in [9.17, 15) is 13.2 Å². The molecule has 7 nitrogen and oxygen atoms in total. The number of hydrogen-bond acceptors (Lipinski definition) is 6. The molecule has 1 aromatic carbocycles. The molecule has 0 saturated heterocycles. The van der Waals surface area contributed by atoms with E-state index in [-0.39, 0.29) is 23.8 Å². The summed E-state index contributed by atoms with van der Waals surface area (Å²) in [5.74, 6) is -0.322. The lowest BCUT2D eigenvalue weighted by Crippen LogP contribution is -2.27. The molecular formula is C11H12N4O3S2. The van der Waals surface area contributed by atoms with Crippen LogP contribution < -0.4 is 10.0 Å². The van der Waals surface area contributed by atoms with Crippen LogP contribution in [0.1, 0.15) is 6.42 Å². The first-order chi connectivity index (χ1) is 9.58. The number of amides is 1. The molecule has 0 fully saturated rings. The molecule has 2 aromatic rings. The Morgan fingerprint density at radius 1 is 1.25 bits per heavy atom. The number of hydrogen-bond donors (Lipinski definition) is 2. The third-order valence-corrected chi connectivity index (χ3v) is 4.39. The number of sulfonamides is 1. The molecule has 9 heteroatoms. The van der Waals surface area contributed by atoms with Crippen LogP contribution in [0.5, 0.6) is 0 Å². The normalized spacial score (nSPS) is 11.2. The monoisotopic (exact) mass is 312 g/mol. The lowest BCUT2D eigenvalue weighted by atomic mass is 10.4. The molecule has 2 rings (SSSR count). The number of nitrogens with zero attached hydrogens (tertiary/aromatic N) is 2. The van der Waals surface area contributed by atoms with Crippen molar-refractivity contribution in [3.8, 4) is 0 Å². The third kappa shape index (κ3) is 4.08. The van der Waals surface area contributed by atoms with Gasteiger partial charge in [-0.05, 0) is 12.1 Å². The maximum absolute atomic E-state index is 11.9. The Bertz CT molecular complexity index is 656. The predicted octanol–water partition coefficient (Wildman–Crippen LogP) is 0.845. The average Bonchev–Trinajstić information content (AvgIpc) is 2.92. The number of carbonyl (C=O) groups is 1. The number of benzene rings is 1. The second-order valence-corrected chi connectivity index (χ2v) is 6.35. The summed E-state index contributed by atoms with van der Waals surface area (Å²) in [6.07, 6.45) is 0.0195. The molecule has 0 aliphatic carbocycles. The fourth-order valence-corrected chi connectivity index (χ4v) is 2.91. The molecule has 0 aliphatic heterocycles. The molecular weight excluding hydrogens is 300 g/mol. The van der Waals surface area contributed by atoms with E-state index in [1.165, 1.54) is 29.0 Å². The Balaban J connectivity index is 1.82. The predicted molar refractivity (Wildman–Crippen MR) is 74.8 cm³/mol. The Morgan fingerprint density at radius 2 is 2.00 bits per heavy atom. The maximum Gasteiger partial charge on any atom is 0.240 e. The molecule has 1 heterocycles. The van der Waals surface area contributed by atoms with Crippen LogP contribution in [0.3, 0.4) is 0 Å². The van der Waals surface area contributed by atoms with Crippen LogP contribution in [0.15, 0.2) is 40.7 Å². The van der Waals surface area contributed by atoms with Gasteiger partial charge in [0.2, 0.25) is 21.1 Å². The lowest BCUT2D eigenvalue weighted by molar-refractivity contribution is -0.116. The average molecular weight is 312 g/mol. The van der Waals surface area contributed by atoms with Crippen molar-refractivity contribution in [2.45, 2.75) is 11.3 Å². The van der Waals surface area contributed by atoms with E-state index in [4.69, 9.17) is 0 Å². The van der Waals surface area contributed by atoms with E-state index >= 15 is 0 Å². The van der Waals surface area contributed by atoms with Crippen LogP contribution in [0.2, 0.25) is 0 Å². The summed E-state index contributed by atoms with van der Waals surface area (Å²) in [5, 5.41) is 10.1. The van der Waals surface area contributed by atoms with E-state index in [0.717, 1.165) is 0 Å². The van der Waals surface area contributed by atoms with E-state index < -0.39 is 10.0 Å². The molecule has 0 radical (unpaired) electrons. The standard InChI is InChI=1S/C11H12N4O3S2/c16-10(14-11-15-12-8-19-11)6-7-13-20(17,18)9-4-2-1-3-5-9/h1-5,8,13H,6-7H2,(H,14,15,16). The third-order valence-electron chi connectivity index (χ3n) is 2.30. The number of anilines is 1. The highest BCUT2D eigenvalue weighted by molar-refractivity contribution is 7.89. The van der Waals surface area contributed by atoms with Crippen molar-refractivity contribution in [2.24, 2.45) is 0 Å². The van der Waals surface area contributed by atoms with Crippen LogP contribution in [0.25, 0.3) is 0 Å². The highest BCUT2D eigenvalue weighted by atomic mass is 32.2. The van der Waals surface area contributed by atoms with Crippen molar-refractivity contribution in [2.75, 3.05) is 11.9 Å². The van der Waals surface area contributed by atoms with Crippen LogP contribution in [0.4, 0.5) is 5.13 Å². The summed E-state index contributed by atoms with van der Waals surface area (Å²) in [4.78, 5) is 11.7. The first kappa shape index (κ1) is 14.6. The Morgan fingerprint density at radius 3 is 2.65 bits per heavy atom. The van der Waals surface area contributed by atoms with E-state index in [0.29, 0.717) is 5.13 Å². The van der Waals surface area contributed by atoms with Crippen molar-refractivity contribution < 1.29 is 13.2 Å². The van der Waals surface area contributed by atoms with Crippen LogP contribution in [-0.4, -0.2) is 31.1 Å². The van der Waals surface area contributed by atoms with Gasteiger partial charge in [-0.25, -0.2) is 13.1 Å². The fourth-order valence-electron chi connectivity index (χ4n) is 1.39. The maximum atomic E-state index is 11.9. The van der Waals surface area contributed by atoms with Gasteiger partial charge >= 0.3 is 0 Å². The molecule has 0 unspecified atom stereocenters. The minimum Gasteiger partial charge on any atom is -0.300 e. The molecule has 2 N–H and O–H groups in total. The fraction of sp³-hybridized carbons (Fsp3) is 0.182. The minimum absolute atomic E-state index is 0.0157. The van der Waals surface area contributed by atoms with Crippen molar-refractivity contribution in [3.63, 3.8) is 0 Å². The Kier molecular flexibility index (Phi) is 4.77. The quantitative estimate of drug-likeness (QED) is 0.823. The van der Waals surface area contributed by atoms with Gasteiger partial charge in [0.15, 0.2) is 0 Å². The molecule has 20 heavy (non-hydrogen) atoms. The van der Waals surface area contributed by atoms with Crippen molar-refractivity contribution in [3.05, 3.63) is 35.8 Å². The lowest BCUT2D eigenvalue weighted by Gasteiger charge is -2.06. The van der Waals surface area contributed by atoms with Gasteiger partial charge < -0.3 is 5.32 Å². The number of nitrogens with one attached hydrogen (secondary N) is 2. The smallest absolute Gasteiger partial charge is 0.240 e. The molecule has 106 valence electrons. The van der Waals surface area contributed by atoms with Crippen LogP contribution in [-0.2, 0) is 14.8 Å². The number of carbonyl (C=O) groups excluding carboxylic acids is 1. The SMILES string of the molecule is O=C(CCNS(=O)(=O)c1ccccc1)Nc1nncs1. The zero-order valence-electron chi connectivity index (χ0n) is 10.3. The van der Waals surface area contributed by atoms with Gasteiger partial charge in [-0.1, -0.05) is 29.5 Å². The molecule has 0 aliphatic rings. The van der Waals surface area contributed by atoms with E-state index in [2.05, 4.69) is 20.2 Å². The summed E-state index contributed by atoms with van der Waals surface area (Å²) < 4.78 is 26.1. The van der Waals surface area contributed by atoms with Gasteiger partial charge in [0.1, 0.15) is 5.51 Å². The first-order valence-corrected chi connectivity index (χ1v) is 8.05. The van der Waals surface area contributed by atoms with Crippen molar-refractivity contribution in [1.29, 1.82) is 0 Å². The molecule has 0 bridgehead atoms. The topological polar surface area (TPSA) is 101 Å². The van der Waals surface area contributed by atoms with E-state index in [1.54, 1.807) is 18.2 Å². The Labute approximate surface area is 120 Å². The summed E-state index contributed by atoms with van der Waals surface area (Å²) in [6.45, 7) is 0.0157. The van der Waals surface area contributed by atoms with Crippen LogP contribution >= 0.6 is 11.3 Å². The second-order valence-electron chi connectivity index (χ2n) is 3.75. The van der Waals surface area contributed by atoms with Gasteiger partial charge in [-0.15, -0.1) is 10.2 Å². The molecule has 1 amide bonds. The van der Waals surface area contributed by atoms with Gasteiger partial charge in [0.05, 0.1) is 4.90 Å². The zero-order valence-corrected chi connectivity index (χ0v) is 11.9. The first-order valence-electron chi connectivity index (χ1n) is 5.69. The highest BCUT2D eigenvalue weighted by Crippen LogP contribution is 2.09. The number of aromatic nitrogens is 2. The summed E-state index contributed by atoms with van der Waals surface area (Å²) in [5.41, 5.74) is 1.49. The summed E-state index contributed by atoms with van der Waals surface area (Å²) in [6, 6.07) is 7.98. The molecule has 0 atom stereocenters. The molecule has 0 saturated carbocycles.